The lowest BCUT2D eigenvalue weighted by molar-refractivity contribution is 0.162. The van der Waals surface area contributed by atoms with Crippen molar-refractivity contribution in [2.24, 2.45) is 0 Å². The van der Waals surface area contributed by atoms with Crippen molar-refractivity contribution in [1.82, 2.24) is 10.2 Å². The molecule has 1 aliphatic heterocycles. The van der Waals surface area contributed by atoms with Crippen molar-refractivity contribution >= 4 is 11.6 Å². The molecule has 1 aromatic rings. The van der Waals surface area contributed by atoms with Crippen molar-refractivity contribution < 1.29 is 9.47 Å². The number of hydrogen-bond donors (Lipinski definition) is 1. The minimum Gasteiger partial charge on any atom is -0.493 e. The third-order valence-corrected chi connectivity index (χ3v) is 4.94. The molecule has 0 amide bonds. The first-order valence-corrected chi connectivity index (χ1v) is 8.95. The van der Waals surface area contributed by atoms with E-state index in [1.807, 2.05) is 6.07 Å². The van der Waals surface area contributed by atoms with E-state index >= 15 is 0 Å². The monoisotopic (exact) mass is 340 g/mol. The molecule has 2 rings (SSSR count). The van der Waals surface area contributed by atoms with Gasteiger partial charge in [0.15, 0.2) is 11.5 Å². The highest BCUT2D eigenvalue weighted by atomic mass is 35.5. The van der Waals surface area contributed by atoms with E-state index in [2.05, 4.69) is 23.2 Å². The van der Waals surface area contributed by atoms with Crippen LogP contribution in [0.2, 0.25) is 5.02 Å². The van der Waals surface area contributed by atoms with Crippen molar-refractivity contribution in [3.8, 4) is 11.5 Å². The minimum atomic E-state index is 0.343. The molecule has 1 N–H and O–H groups in total. The molecular weight excluding hydrogens is 312 g/mol. The molecule has 0 unspecified atom stereocenters. The topological polar surface area (TPSA) is 33.7 Å². The highest BCUT2D eigenvalue weighted by molar-refractivity contribution is 6.33. The fourth-order valence-electron chi connectivity index (χ4n) is 3.28. The van der Waals surface area contributed by atoms with E-state index < -0.39 is 0 Å². The first-order chi connectivity index (χ1) is 11.2. The summed E-state index contributed by atoms with van der Waals surface area (Å²) >= 11 is 6.67. The summed E-state index contributed by atoms with van der Waals surface area (Å²) in [6.45, 7) is 6.43. The van der Waals surface area contributed by atoms with Gasteiger partial charge < -0.3 is 14.8 Å². The van der Waals surface area contributed by atoms with Crippen LogP contribution in [-0.4, -0.2) is 45.3 Å². The first kappa shape index (κ1) is 18.4. The predicted octanol–water partition coefficient (Wildman–Crippen LogP) is 3.88. The Labute approximate surface area is 145 Å². The molecule has 130 valence electrons. The van der Waals surface area contributed by atoms with Crippen LogP contribution in [0.25, 0.3) is 0 Å². The number of piperazine rings is 1. The molecular formula is C18H29ClN2O2. The van der Waals surface area contributed by atoms with Gasteiger partial charge in [0.1, 0.15) is 0 Å². The molecule has 1 saturated heterocycles. The van der Waals surface area contributed by atoms with Crippen molar-refractivity contribution in [3.05, 3.63) is 22.7 Å². The van der Waals surface area contributed by atoms with Crippen molar-refractivity contribution in [3.63, 3.8) is 0 Å². The lowest BCUT2D eigenvalue weighted by atomic mass is 9.97. The van der Waals surface area contributed by atoms with Crippen LogP contribution in [-0.2, 0) is 0 Å². The minimum absolute atomic E-state index is 0.343. The smallest absolute Gasteiger partial charge is 0.179 e. The van der Waals surface area contributed by atoms with Crippen LogP contribution in [0.3, 0.4) is 0 Å². The molecule has 0 bridgehead atoms. The molecule has 1 heterocycles. The number of ether oxygens (including phenoxy) is 2. The summed E-state index contributed by atoms with van der Waals surface area (Å²) in [5.41, 5.74) is 1.15. The number of methoxy groups -OCH3 is 2. The Balaban J connectivity index is 2.29. The highest BCUT2D eigenvalue weighted by Crippen LogP contribution is 2.42. The highest BCUT2D eigenvalue weighted by Gasteiger charge is 2.26. The van der Waals surface area contributed by atoms with Gasteiger partial charge in [-0.05, 0) is 18.1 Å². The van der Waals surface area contributed by atoms with Gasteiger partial charge in [0.2, 0.25) is 0 Å². The number of unbranched alkanes of at least 4 members (excludes halogenated alkanes) is 2. The molecule has 4 nitrogen and oxygen atoms in total. The van der Waals surface area contributed by atoms with E-state index in [4.69, 9.17) is 21.1 Å². The first-order valence-electron chi connectivity index (χ1n) is 8.58. The molecule has 0 spiro atoms. The SMILES string of the molecule is CCCCC[C@@H](c1ccc(OC)c(OC)c1Cl)N1CCNCC1. The van der Waals surface area contributed by atoms with Crippen LogP contribution in [0.1, 0.15) is 44.2 Å². The normalized spacial score (nSPS) is 17.0. The maximum Gasteiger partial charge on any atom is 0.179 e. The van der Waals surface area contributed by atoms with Crippen LogP contribution in [0.4, 0.5) is 0 Å². The van der Waals surface area contributed by atoms with Crippen LogP contribution in [0.15, 0.2) is 12.1 Å². The zero-order valence-electron chi connectivity index (χ0n) is 14.5. The molecule has 0 aromatic heterocycles. The Morgan fingerprint density at radius 1 is 1.17 bits per heavy atom. The van der Waals surface area contributed by atoms with Gasteiger partial charge >= 0.3 is 0 Å². The maximum absolute atomic E-state index is 6.67. The molecule has 0 saturated carbocycles. The second-order valence-electron chi connectivity index (χ2n) is 6.00. The van der Waals surface area contributed by atoms with Crippen molar-refractivity contribution in [1.29, 1.82) is 0 Å². The van der Waals surface area contributed by atoms with Crippen molar-refractivity contribution in [2.45, 2.75) is 38.6 Å². The van der Waals surface area contributed by atoms with E-state index in [9.17, 15) is 0 Å². The summed E-state index contributed by atoms with van der Waals surface area (Å²) < 4.78 is 10.8. The Hall–Kier alpha value is -0.970. The fraction of sp³-hybridized carbons (Fsp3) is 0.667. The average Bonchev–Trinajstić information content (AvgIpc) is 2.60. The summed E-state index contributed by atoms with van der Waals surface area (Å²) in [6, 6.07) is 4.41. The van der Waals surface area contributed by atoms with Crippen molar-refractivity contribution in [2.75, 3.05) is 40.4 Å². The second kappa shape index (κ2) is 9.36. The third kappa shape index (κ3) is 4.52. The van der Waals surface area contributed by atoms with E-state index in [1.165, 1.54) is 19.3 Å². The van der Waals surface area contributed by atoms with Gasteiger partial charge in [-0.25, -0.2) is 0 Å². The van der Waals surface area contributed by atoms with E-state index in [0.717, 1.165) is 38.2 Å². The van der Waals surface area contributed by atoms with Gasteiger partial charge in [-0.15, -0.1) is 0 Å². The summed E-state index contributed by atoms with van der Waals surface area (Å²) in [5, 5.41) is 4.11. The lowest BCUT2D eigenvalue weighted by Gasteiger charge is -2.36. The standard InChI is InChI=1S/C18H29ClN2O2/c1-4-5-6-7-15(21-12-10-20-11-13-21)14-8-9-16(22-2)18(23-3)17(14)19/h8-9,15,20H,4-7,10-13H2,1-3H3/t15-/m0/s1. The molecule has 1 fully saturated rings. The lowest BCUT2D eigenvalue weighted by Crippen LogP contribution is -2.45. The Morgan fingerprint density at radius 3 is 2.52 bits per heavy atom. The summed E-state index contributed by atoms with van der Waals surface area (Å²) in [4.78, 5) is 2.54. The van der Waals surface area contributed by atoms with Gasteiger partial charge in [-0.2, -0.15) is 0 Å². The Morgan fingerprint density at radius 2 is 1.91 bits per heavy atom. The largest absolute Gasteiger partial charge is 0.493 e. The van der Waals surface area contributed by atoms with E-state index in [-0.39, 0.29) is 0 Å². The van der Waals surface area contributed by atoms with E-state index in [1.54, 1.807) is 14.2 Å². The van der Waals surface area contributed by atoms with Crippen LogP contribution >= 0.6 is 11.6 Å². The predicted molar refractivity (Wildman–Crippen MR) is 95.9 cm³/mol. The van der Waals surface area contributed by atoms with Crippen LogP contribution in [0.5, 0.6) is 11.5 Å². The van der Waals surface area contributed by atoms with Crippen LogP contribution in [0, 0.1) is 0 Å². The Kier molecular flexibility index (Phi) is 7.47. The fourth-order valence-corrected chi connectivity index (χ4v) is 3.64. The number of nitrogens with zero attached hydrogens (tertiary/aromatic N) is 1. The second-order valence-corrected chi connectivity index (χ2v) is 6.38. The molecule has 1 aromatic carbocycles. The van der Waals surface area contributed by atoms with Gasteiger partial charge in [0, 0.05) is 32.2 Å². The number of rotatable bonds is 8. The van der Waals surface area contributed by atoms with Gasteiger partial charge in [0.25, 0.3) is 0 Å². The van der Waals surface area contributed by atoms with Gasteiger partial charge in [-0.3, -0.25) is 4.90 Å². The van der Waals surface area contributed by atoms with Gasteiger partial charge in [0.05, 0.1) is 19.2 Å². The molecule has 23 heavy (non-hydrogen) atoms. The zero-order valence-corrected chi connectivity index (χ0v) is 15.3. The Bertz CT molecular complexity index is 490. The number of hydrogen-bond acceptors (Lipinski definition) is 4. The third-order valence-electron chi connectivity index (χ3n) is 4.55. The molecule has 1 atom stereocenters. The average molecular weight is 341 g/mol. The quantitative estimate of drug-likeness (QED) is 0.728. The summed E-state index contributed by atoms with van der Waals surface area (Å²) in [7, 11) is 3.29. The van der Waals surface area contributed by atoms with Gasteiger partial charge in [-0.1, -0.05) is 43.9 Å². The number of nitrogens with one attached hydrogen (secondary N) is 1. The maximum atomic E-state index is 6.67. The molecule has 5 heteroatoms. The molecule has 0 aliphatic carbocycles. The molecule has 1 aliphatic rings. The summed E-state index contributed by atoms with van der Waals surface area (Å²) in [6.07, 6.45) is 4.83. The molecule has 0 radical (unpaired) electrons. The summed E-state index contributed by atoms with van der Waals surface area (Å²) in [5.74, 6) is 1.33. The van der Waals surface area contributed by atoms with E-state index in [0.29, 0.717) is 22.6 Å². The van der Waals surface area contributed by atoms with Crippen LogP contribution < -0.4 is 14.8 Å². The number of benzene rings is 1. The zero-order chi connectivity index (χ0) is 16.7. The number of halogens is 1.